The van der Waals surface area contributed by atoms with Gasteiger partial charge in [0.15, 0.2) is 0 Å². The van der Waals surface area contributed by atoms with Gasteiger partial charge < -0.3 is 29.0 Å². The first kappa shape index (κ1) is 44.3. The molecule has 3 saturated heterocycles. The third-order valence-electron chi connectivity index (χ3n) is 14.9. The summed E-state index contributed by atoms with van der Waals surface area (Å²) in [6, 6.07) is 9.55. The van der Waals surface area contributed by atoms with E-state index in [1.807, 2.05) is 24.5 Å². The molecule has 6 aliphatic rings. The molecule has 1 aromatic carbocycles. The van der Waals surface area contributed by atoms with Crippen LogP contribution in [0.1, 0.15) is 85.9 Å². The number of esters is 1. The van der Waals surface area contributed by atoms with Gasteiger partial charge in [-0.25, -0.2) is 10.4 Å². The highest BCUT2D eigenvalue weighted by molar-refractivity contribution is 7.10. The van der Waals surface area contributed by atoms with Crippen LogP contribution < -0.4 is 15.6 Å². The number of amides is 2. The van der Waals surface area contributed by atoms with Crippen LogP contribution in [0.4, 0.5) is 5.69 Å². The lowest BCUT2D eigenvalue weighted by molar-refractivity contribution is -0.155. The second-order valence-corrected chi connectivity index (χ2v) is 21.2. The van der Waals surface area contributed by atoms with Crippen molar-refractivity contribution >= 4 is 45.7 Å². The van der Waals surface area contributed by atoms with E-state index in [2.05, 4.69) is 74.4 Å². The first-order valence-corrected chi connectivity index (χ1v) is 25.1. The third-order valence-corrected chi connectivity index (χ3v) is 15.8. The minimum atomic E-state index is -0.888. The molecule has 352 valence electrons. The second kappa shape index (κ2) is 18.0. The van der Waals surface area contributed by atoms with Gasteiger partial charge in [0, 0.05) is 98.4 Å². The van der Waals surface area contributed by atoms with Crippen molar-refractivity contribution in [2.45, 2.75) is 102 Å². The summed E-state index contributed by atoms with van der Waals surface area (Å²) in [5.41, 5.74) is 13.4. The maximum atomic E-state index is 14.5. The van der Waals surface area contributed by atoms with E-state index in [1.165, 1.54) is 33.0 Å². The zero-order chi connectivity index (χ0) is 46.0. The SMILES string of the molecule is CO[C@@H](C)c1ncc(N2CCN3CCOC[C@@H]3C2)cc1-c1c2c3cc(cc4c3n1CCC4)-c1csc(n1)C[C@H](NC(=O)[C@H]1C[C@@H]1c1cccnc1)C(=O)N1CCC[C@H](N1)C(=O)OCC(C)(C)C2. The molecule has 4 fully saturated rings. The van der Waals surface area contributed by atoms with Crippen molar-refractivity contribution in [1.82, 2.24) is 40.2 Å². The molecule has 5 aromatic rings. The zero-order valence-corrected chi connectivity index (χ0v) is 39.8. The Bertz CT molecular complexity index is 2700. The van der Waals surface area contributed by atoms with Crippen molar-refractivity contribution in [1.29, 1.82) is 0 Å². The molecule has 0 radical (unpaired) electrons. The first-order chi connectivity index (χ1) is 32.5. The number of methoxy groups -OCH3 is 1. The van der Waals surface area contributed by atoms with Gasteiger partial charge in [0.1, 0.15) is 12.1 Å². The van der Waals surface area contributed by atoms with Crippen LogP contribution in [0.2, 0.25) is 0 Å². The van der Waals surface area contributed by atoms with Gasteiger partial charge >= 0.3 is 5.97 Å². The summed E-state index contributed by atoms with van der Waals surface area (Å²) in [5, 5.41) is 8.62. The molecule has 9 heterocycles. The average Bonchev–Trinajstić information content (AvgIpc) is 3.94. The Hall–Kier alpha value is -5.26. The maximum absolute atomic E-state index is 14.5. The van der Waals surface area contributed by atoms with Crippen LogP contribution >= 0.6 is 11.3 Å². The fraction of sp³-hybridized carbons (Fsp3) is 0.529. The van der Waals surface area contributed by atoms with Gasteiger partial charge in [-0.3, -0.25) is 34.3 Å². The van der Waals surface area contributed by atoms with E-state index in [0.29, 0.717) is 38.3 Å². The van der Waals surface area contributed by atoms with Crippen LogP contribution in [0, 0.1) is 11.3 Å². The fourth-order valence-corrected chi connectivity index (χ4v) is 12.1. The van der Waals surface area contributed by atoms with Gasteiger partial charge in [-0.2, -0.15) is 0 Å². The molecule has 1 aliphatic carbocycles. The largest absolute Gasteiger partial charge is 0.464 e. The molecular formula is C51H61N9O6S. The van der Waals surface area contributed by atoms with E-state index >= 15 is 0 Å². The number of rotatable bonds is 7. The molecule has 15 nitrogen and oxygen atoms in total. The molecule has 2 N–H and O–H groups in total. The minimum absolute atomic E-state index is 0.0605. The Kier molecular flexibility index (Phi) is 11.9. The highest BCUT2D eigenvalue weighted by atomic mass is 32.1. The van der Waals surface area contributed by atoms with Crippen LogP contribution in [0.5, 0.6) is 0 Å². The number of thiazole rings is 1. The normalized spacial score (nSPS) is 25.8. The Morgan fingerprint density at radius 1 is 1.09 bits per heavy atom. The Labute approximate surface area is 395 Å². The number of cyclic esters (lactones) is 1. The number of aryl methyl sites for hydroxylation is 2. The number of hydrogen-bond acceptors (Lipinski definition) is 13. The van der Waals surface area contributed by atoms with E-state index in [4.69, 9.17) is 24.2 Å². The van der Waals surface area contributed by atoms with Gasteiger partial charge in [-0.1, -0.05) is 19.9 Å². The number of nitrogens with one attached hydrogen (secondary N) is 2. The molecule has 1 saturated carbocycles. The number of nitrogens with zero attached hydrogens (tertiary/aromatic N) is 7. The molecule has 6 bridgehead atoms. The van der Waals surface area contributed by atoms with Crippen LogP contribution in [0.25, 0.3) is 33.4 Å². The van der Waals surface area contributed by atoms with Gasteiger partial charge in [-0.15, -0.1) is 11.3 Å². The average molecular weight is 928 g/mol. The van der Waals surface area contributed by atoms with E-state index in [1.54, 1.807) is 13.3 Å². The van der Waals surface area contributed by atoms with Crippen molar-refractivity contribution in [2.24, 2.45) is 11.3 Å². The lowest BCUT2D eigenvalue weighted by Crippen LogP contribution is -2.60. The molecule has 16 heteroatoms. The van der Waals surface area contributed by atoms with Gasteiger partial charge in [-0.05, 0) is 92.3 Å². The van der Waals surface area contributed by atoms with E-state index in [0.717, 1.165) is 109 Å². The third kappa shape index (κ3) is 8.64. The number of morpholine rings is 1. The molecule has 2 amide bonds. The predicted octanol–water partition coefficient (Wildman–Crippen LogP) is 5.85. The Morgan fingerprint density at radius 2 is 1.99 bits per heavy atom. The summed E-state index contributed by atoms with van der Waals surface area (Å²) < 4.78 is 20.7. The molecule has 67 heavy (non-hydrogen) atoms. The number of carbonyl (C=O) groups excluding carboxylic acids is 3. The lowest BCUT2D eigenvalue weighted by atomic mass is 9.84. The predicted molar refractivity (Wildman–Crippen MR) is 255 cm³/mol. The summed E-state index contributed by atoms with van der Waals surface area (Å²) in [5.74, 6) is -1.04. The van der Waals surface area contributed by atoms with Gasteiger partial charge in [0.2, 0.25) is 5.91 Å². The van der Waals surface area contributed by atoms with E-state index in [9.17, 15) is 14.4 Å². The number of fused-ring (bicyclic) bond motifs is 7. The van der Waals surface area contributed by atoms with E-state index in [-0.39, 0.29) is 42.8 Å². The fourth-order valence-electron chi connectivity index (χ4n) is 11.2. The number of aromatic nitrogens is 4. The maximum Gasteiger partial charge on any atom is 0.324 e. The summed E-state index contributed by atoms with van der Waals surface area (Å²) in [4.78, 5) is 62.1. The van der Waals surface area contributed by atoms with Crippen LogP contribution in [0.3, 0.4) is 0 Å². The van der Waals surface area contributed by atoms with Crippen molar-refractivity contribution in [2.75, 3.05) is 64.6 Å². The number of hydrogen-bond donors (Lipinski definition) is 2. The number of carbonyl (C=O) groups is 3. The van der Waals surface area contributed by atoms with Gasteiger partial charge in [0.05, 0.1) is 71.5 Å². The number of benzene rings is 1. The van der Waals surface area contributed by atoms with Crippen molar-refractivity contribution < 1.29 is 28.6 Å². The molecular weight excluding hydrogens is 867 g/mol. The van der Waals surface area contributed by atoms with Crippen LogP contribution in [-0.2, 0) is 54.4 Å². The molecule has 11 rings (SSSR count). The smallest absolute Gasteiger partial charge is 0.324 e. The first-order valence-electron chi connectivity index (χ1n) is 24.2. The van der Waals surface area contributed by atoms with Crippen LogP contribution in [0.15, 0.2) is 54.3 Å². The quantitative estimate of drug-likeness (QED) is 0.188. The monoisotopic (exact) mass is 927 g/mol. The number of ether oxygens (including phenoxy) is 3. The van der Waals surface area contributed by atoms with Crippen molar-refractivity contribution in [3.63, 3.8) is 0 Å². The number of anilines is 1. The lowest BCUT2D eigenvalue weighted by Gasteiger charge is -2.44. The molecule has 0 spiro atoms. The molecule has 4 aromatic heterocycles. The molecule has 5 aliphatic heterocycles. The number of pyridine rings is 2. The van der Waals surface area contributed by atoms with Crippen molar-refractivity contribution in [3.05, 3.63) is 81.7 Å². The molecule has 0 unspecified atom stereocenters. The highest BCUT2D eigenvalue weighted by Crippen LogP contribution is 2.48. The molecule has 6 atom stereocenters. The Balaban J connectivity index is 1.01. The summed E-state index contributed by atoms with van der Waals surface area (Å²) in [6.45, 7) is 13.1. The zero-order valence-electron chi connectivity index (χ0n) is 39.0. The summed E-state index contributed by atoms with van der Waals surface area (Å²) in [6.07, 6.45) is 9.87. The second-order valence-electron chi connectivity index (χ2n) is 20.2. The number of hydrazine groups is 1. The van der Waals surface area contributed by atoms with Crippen molar-refractivity contribution in [3.8, 4) is 22.5 Å². The highest BCUT2D eigenvalue weighted by Gasteiger charge is 2.46. The minimum Gasteiger partial charge on any atom is -0.464 e. The summed E-state index contributed by atoms with van der Waals surface area (Å²) in [7, 11) is 1.74. The van der Waals surface area contributed by atoms with Crippen LogP contribution in [-0.4, -0.2) is 125 Å². The van der Waals surface area contributed by atoms with Gasteiger partial charge in [0.25, 0.3) is 5.91 Å². The van der Waals surface area contributed by atoms with E-state index < -0.39 is 23.5 Å². The summed E-state index contributed by atoms with van der Waals surface area (Å²) >= 11 is 1.50. The Morgan fingerprint density at radius 3 is 2.84 bits per heavy atom. The number of piperazine rings is 1. The topological polar surface area (TPSA) is 156 Å². The standard InChI is InChI=1S/C51H61N9O6S/c1-30(64-4)45-39(20-34(25-53-45)58-15-14-57-16-17-65-27-35(57)26-58)47-40-23-51(2,3)29-66-50(63)41-10-7-13-60(56-41)49(62)42(55-48(61)38-21-36(38)32-8-5-11-52-24-32)22-44-54-43(28-67-44)33-18-31-9-6-12-59(47)46(31)37(40)19-33/h5,8,11,18-20,24-25,28,30,35-36,38,41-42,56H,6-7,9-10,12-17,21-23,26-27,29H2,1-4H3,(H,55,61)/t30-,35-,36+,38-,41-,42-/m0/s1.